The number of H-pyrrole nitrogens is 1. The van der Waals surface area contributed by atoms with Crippen LogP contribution in [0.25, 0.3) is 11.1 Å². The number of hydrogen-bond acceptors (Lipinski definition) is 6. The van der Waals surface area contributed by atoms with Gasteiger partial charge in [0.05, 0.1) is 10.6 Å². The van der Waals surface area contributed by atoms with Gasteiger partial charge in [-0.1, -0.05) is 48.5 Å². The molecule has 0 bridgehead atoms. The van der Waals surface area contributed by atoms with E-state index in [1.54, 1.807) is 0 Å². The summed E-state index contributed by atoms with van der Waals surface area (Å²) in [5, 5.41) is 13.8. The number of hydrazone groups is 1. The quantitative estimate of drug-likeness (QED) is 0.174. The van der Waals surface area contributed by atoms with E-state index in [0.29, 0.717) is 27.7 Å². The molecule has 140 valence electrons. The Labute approximate surface area is 166 Å². The normalized spacial score (nSPS) is 11.1. The Kier molecular flexibility index (Phi) is 6.11. The van der Waals surface area contributed by atoms with Crippen molar-refractivity contribution in [1.29, 1.82) is 5.26 Å². The van der Waals surface area contributed by atoms with Crippen molar-refractivity contribution < 1.29 is 0 Å². The van der Waals surface area contributed by atoms with Crippen LogP contribution in [-0.2, 0) is 5.75 Å². The Balaban J connectivity index is 1.92. The first kappa shape index (κ1) is 19.2. The summed E-state index contributed by atoms with van der Waals surface area (Å²) in [6.07, 6.45) is 0. The standard InChI is InChI=1S/C20H18N6OS/c21-11-17-16(14-6-2-1-3-7-14)10-18(27)24-20(17)28-12-13-5-4-8-15(9-13)19(25-22)26-23/h1-10H,12,22-23H2,(H,24,27)(H,25,26). The Morgan fingerprint density at radius 1 is 1.18 bits per heavy atom. The van der Waals surface area contributed by atoms with E-state index in [2.05, 4.69) is 21.6 Å². The Bertz CT molecular complexity index is 1100. The molecule has 8 heteroatoms. The first-order valence-electron chi connectivity index (χ1n) is 8.35. The fraction of sp³-hybridized carbons (Fsp3) is 0.0500. The maximum absolute atomic E-state index is 12.2. The molecule has 3 aromatic rings. The molecule has 1 heterocycles. The molecule has 0 aliphatic rings. The van der Waals surface area contributed by atoms with Gasteiger partial charge in [-0.25, -0.2) is 5.84 Å². The predicted molar refractivity (Wildman–Crippen MR) is 111 cm³/mol. The van der Waals surface area contributed by atoms with E-state index in [4.69, 9.17) is 11.7 Å². The fourth-order valence-corrected chi connectivity index (χ4v) is 3.72. The Morgan fingerprint density at radius 2 is 1.96 bits per heavy atom. The summed E-state index contributed by atoms with van der Waals surface area (Å²) >= 11 is 1.38. The molecule has 3 rings (SSSR count). The number of hydrazine groups is 1. The van der Waals surface area contributed by atoms with Gasteiger partial charge in [0.1, 0.15) is 6.07 Å². The minimum absolute atomic E-state index is 0.251. The number of amidine groups is 1. The number of pyridine rings is 1. The van der Waals surface area contributed by atoms with Gasteiger partial charge < -0.3 is 16.3 Å². The number of thioether (sulfide) groups is 1. The molecule has 0 fully saturated rings. The van der Waals surface area contributed by atoms with Crippen molar-refractivity contribution in [2.75, 3.05) is 0 Å². The highest BCUT2D eigenvalue weighted by Gasteiger charge is 2.13. The zero-order chi connectivity index (χ0) is 19.9. The van der Waals surface area contributed by atoms with Gasteiger partial charge in [0, 0.05) is 22.9 Å². The second-order valence-electron chi connectivity index (χ2n) is 5.84. The molecular formula is C20H18N6OS. The Hall–Kier alpha value is -3.54. The number of nitrogens with two attached hydrogens (primary N) is 2. The molecule has 0 spiro atoms. The third kappa shape index (κ3) is 4.23. The van der Waals surface area contributed by atoms with Crippen LogP contribution < -0.4 is 22.7 Å². The summed E-state index contributed by atoms with van der Waals surface area (Å²) in [5.41, 5.74) is 5.80. The van der Waals surface area contributed by atoms with Gasteiger partial charge >= 0.3 is 0 Å². The van der Waals surface area contributed by atoms with E-state index in [1.165, 1.54) is 17.8 Å². The van der Waals surface area contributed by atoms with E-state index in [1.807, 2.05) is 54.6 Å². The maximum Gasteiger partial charge on any atom is 0.249 e. The SMILES string of the molecule is N#Cc1c(-c2ccccc2)cc(=O)[nH]c1SCc1cccc(/C(=N/N)NN)c1. The van der Waals surface area contributed by atoms with E-state index >= 15 is 0 Å². The topological polar surface area (TPSA) is 133 Å². The van der Waals surface area contributed by atoms with Crippen LogP contribution in [0.15, 0.2) is 75.6 Å². The van der Waals surface area contributed by atoms with Gasteiger partial charge in [-0.3, -0.25) is 4.79 Å². The molecule has 0 radical (unpaired) electrons. The van der Waals surface area contributed by atoms with Crippen molar-refractivity contribution in [3.05, 3.63) is 87.7 Å². The van der Waals surface area contributed by atoms with E-state index in [0.717, 1.165) is 16.7 Å². The number of nitrogens with zero attached hydrogens (tertiary/aromatic N) is 2. The average molecular weight is 390 g/mol. The number of aromatic nitrogens is 1. The summed E-state index contributed by atoms with van der Waals surface area (Å²) in [6, 6.07) is 20.6. The van der Waals surface area contributed by atoms with Crippen LogP contribution >= 0.6 is 11.8 Å². The number of hydrogen-bond donors (Lipinski definition) is 4. The summed E-state index contributed by atoms with van der Waals surface area (Å²) in [7, 11) is 0. The summed E-state index contributed by atoms with van der Waals surface area (Å²) in [4.78, 5) is 14.9. The molecule has 0 amide bonds. The van der Waals surface area contributed by atoms with Gasteiger partial charge in [0.15, 0.2) is 5.84 Å². The smallest absolute Gasteiger partial charge is 0.249 e. The molecule has 0 saturated carbocycles. The summed E-state index contributed by atoms with van der Waals surface area (Å²) < 4.78 is 0. The molecule has 0 aliphatic heterocycles. The molecule has 7 nitrogen and oxygen atoms in total. The Morgan fingerprint density at radius 3 is 2.64 bits per heavy atom. The third-order valence-electron chi connectivity index (χ3n) is 4.05. The van der Waals surface area contributed by atoms with Gasteiger partial charge in [-0.2, -0.15) is 10.4 Å². The molecule has 1 aromatic heterocycles. The van der Waals surface area contributed by atoms with Crippen molar-refractivity contribution in [3.63, 3.8) is 0 Å². The molecule has 0 unspecified atom stereocenters. The van der Waals surface area contributed by atoms with Crippen LogP contribution in [0.4, 0.5) is 0 Å². The van der Waals surface area contributed by atoms with Crippen LogP contribution in [0.1, 0.15) is 16.7 Å². The minimum Gasteiger partial charge on any atom is -0.321 e. The highest BCUT2D eigenvalue weighted by molar-refractivity contribution is 7.98. The number of nitriles is 1. The minimum atomic E-state index is -0.251. The van der Waals surface area contributed by atoms with Crippen molar-refractivity contribution in [1.82, 2.24) is 10.4 Å². The molecule has 6 N–H and O–H groups in total. The summed E-state index contributed by atoms with van der Waals surface area (Å²) in [5.74, 6) is 11.6. The van der Waals surface area contributed by atoms with Crippen LogP contribution in [0.3, 0.4) is 0 Å². The lowest BCUT2D eigenvalue weighted by molar-refractivity contribution is 1.00. The first-order chi connectivity index (χ1) is 13.7. The highest BCUT2D eigenvalue weighted by Crippen LogP contribution is 2.30. The number of aromatic amines is 1. The van der Waals surface area contributed by atoms with Gasteiger partial charge in [0.2, 0.25) is 5.56 Å². The van der Waals surface area contributed by atoms with Gasteiger partial charge in [-0.15, -0.1) is 11.8 Å². The molecule has 28 heavy (non-hydrogen) atoms. The lowest BCUT2D eigenvalue weighted by atomic mass is 10.0. The van der Waals surface area contributed by atoms with E-state index < -0.39 is 0 Å². The number of benzene rings is 2. The van der Waals surface area contributed by atoms with Crippen molar-refractivity contribution in [2.45, 2.75) is 10.8 Å². The molecule has 0 saturated heterocycles. The number of rotatable bonds is 5. The lowest BCUT2D eigenvalue weighted by Crippen LogP contribution is -2.32. The van der Waals surface area contributed by atoms with E-state index in [-0.39, 0.29) is 5.56 Å². The predicted octanol–water partition coefficient (Wildman–Crippen LogP) is 2.29. The van der Waals surface area contributed by atoms with Crippen molar-refractivity contribution >= 4 is 17.6 Å². The second kappa shape index (κ2) is 8.90. The fourth-order valence-electron chi connectivity index (χ4n) is 2.76. The van der Waals surface area contributed by atoms with Crippen LogP contribution in [-0.4, -0.2) is 10.8 Å². The van der Waals surface area contributed by atoms with E-state index in [9.17, 15) is 10.1 Å². The van der Waals surface area contributed by atoms with Crippen molar-refractivity contribution in [2.24, 2.45) is 16.8 Å². The highest BCUT2D eigenvalue weighted by atomic mass is 32.2. The lowest BCUT2D eigenvalue weighted by Gasteiger charge is -2.10. The zero-order valence-electron chi connectivity index (χ0n) is 14.8. The van der Waals surface area contributed by atoms with Crippen LogP contribution in [0.5, 0.6) is 0 Å². The van der Waals surface area contributed by atoms with Gasteiger partial charge in [-0.05, 0) is 17.2 Å². The average Bonchev–Trinajstić information content (AvgIpc) is 2.73. The summed E-state index contributed by atoms with van der Waals surface area (Å²) in [6.45, 7) is 0. The van der Waals surface area contributed by atoms with Crippen LogP contribution in [0, 0.1) is 11.3 Å². The molecular weight excluding hydrogens is 372 g/mol. The van der Waals surface area contributed by atoms with Gasteiger partial charge in [0.25, 0.3) is 0 Å². The van der Waals surface area contributed by atoms with Crippen LogP contribution in [0.2, 0.25) is 0 Å². The molecule has 2 aromatic carbocycles. The maximum atomic E-state index is 12.2. The molecule has 0 atom stereocenters. The monoisotopic (exact) mass is 390 g/mol. The number of nitrogens with one attached hydrogen (secondary N) is 2. The third-order valence-corrected chi connectivity index (χ3v) is 5.13. The first-order valence-corrected chi connectivity index (χ1v) is 9.34. The second-order valence-corrected chi connectivity index (χ2v) is 6.83. The largest absolute Gasteiger partial charge is 0.321 e. The molecule has 0 aliphatic carbocycles. The zero-order valence-corrected chi connectivity index (χ0v) is 15.7. The van der Waals surface area contributed by atoms with Crippen molar-refractivity contribution in [3.8, 4) is 17.2 Å².